The maximum Gasteiger partial charge on any atom is 0.0711 e. The minimum atomic E-state index is 0.247. The van der Waals surface area contributed by atoms with Crippen LogP contribution in [-0.4, -0.2) is 48.9 Å². The average molecular weight is 235 g/mol. The zero-order chi connectivity index (χ0) is 12.1. The molecule has 0 aliphatic heterocycles. The molecular weight excluding hydrogens is 210 g/mol. The predicted molar refractivity (Wildman–Crippen MR) is 61.5 cm³/mol. The first-order valence-electron chi connectivity index (χ1n) is 6.02. The molecule has 5 nitrogen and oxygen atoms in total. The molecule has 0 aromatic rings. The van der Waals surface area contributed by atoms with Gasteiger partial charge in [0.2, 0.25) is 0 Å². The number of unbranched alkanes of at least 4 members (excludes halogenated alkanes) is 4. The van der Waals surface area contributed by atoms with Gasteiger partial charge in [-0.2, -0.15) is 0 Å². The van der Waals surface area contributed by atoms with Crippen LogP contribution in [0, 0.1) is 0 Å². The fourth-order valence-electron chi connectivity index (χ4n) is 1.20. The van der Waals surface area contributed by atoms with Crippen molar-refractivity contribution < 1.29 is 19.9 Å². The van der Waals surface area contributed by atoms with Crippen molar-refractivity contribution in [1.82, 2.24) is 5.23 Å². The molecule has 0 spiro atoms. The minimum Gasteiger partial charge on any atom is -0.396 e. The number of aliphatic hydroxyl groups is 2. The monoisotopic (exact) mass is 235 g/mol. The maximum atomic E-state index is 8.57. The van der Waals surface area contributed by atoms with Crippen molar-refractivity contribution in [2.45, 2.75) is 38.5 Å². The van der Waals surface area contributed by atoms with Crippen molar-refractivity contribution in [1.29, 1.82) is 0 Å². The van der Waals surface area contributed by atoms with Gasteiger partial charge in [0.1, 0.15) is 0 Å². The molecule has 0 aliphatic rings. The smallest absolute Gasteiger partial charge is 0.0711 e. The molecule has 0 aliphatic carbocycles. The van der Waals surface area contributed by atoms with E-state index in [1.165, 1.54) is 5.23 Å². The van der Waals surface area contributed by atoms with Gasteiger partial charge in [0.15, 0.2) is 0 Å². The van der Waals surface area contributed by atoms with Crippen molar-refractivity contribution in [3.8, 4) is 0 Å². The van der Waals surface area contributed by atoms with Gasteiger partial charge in [0.25, 0.3) is 0 Å². The van der Waals surface area contributed by atoms with Crippen LogP contribution < -0.4 is 0 Å². The highest BCUT2D eigenvalue weighted by atomic mass is 16.9. The average Bonchev–Trinajstić information content (AvgIpc) is 2.28. The van der Waals surface area contributed by atoms with Gasteiger partial charge in [-0.05, 0) is 38.5 Å². The van der Waals surface area contributed by atoms with Gasteiger partial charge in [-0.25, -0.2) is 0 Å². The van der Waals surface area contributed by atoms with Gasteiger partial charge in [-0.15, -0.1) is 0 Å². The molecule has 98 valence electrons. The van der Waals surface area contributed by atoms with Crippen LogP contribution in [0.5, 0.6) is 0 Å². The van der Waals surface area contributed by atoms with E-state index >= 15 is 0 Å². The third-order valence-electron chi connectivity index (χ3n) is 2.15. The molecule has 0 unspecified atom stereocenters. The molecule has 0 bridgehead atoms. The van der Waals surface area contributed by atoms with E-state index in [2.05, 4.69) is 0 Å². The molecular formula is C11H25NO4. The summed E-state index contributed by atoms with van der Waals surface area (Å²) in [6.07, 6.45) is 5.46. The van der Waals surface area contributed by atoms with Crippen molar-refractivity contribution in [2.24, 2.45) is 0 Å². The molecule has 0 fully saturated rings. The summed E-state index contributed by atoms with van der Waals surface area (Å²) in [5, 5.41) is 18.5. The van der Waals surface area contributed by atoms with Gasteiger partial charge >= 0.3 is 0 Å². The van der Waals surface area contributed by atoms with Crippen molar-refractivity contribution in [3.63, 3.8) is 0 Å². The highest BCUT2D eigenvalue weighted by Crippen LogP contribution is 1.99. The van der Waals surface area contributed by atoms with E-state index in [0.29, 0.717) is 13.2 Å². The highest BCUT2D eigenvalue weighted by molar-refractivity contribution is 4.38. The second-order valence-corrected chi connectivity index (χ2v) is 3.67. The van der Waals surface area contributed by atoms with Crippen LogP contribution in [0.25, 0.3) is 0 Å². The maximum absolute atomic E-state index is 8.57. The lowest BCUT2D eigenvalue weighted by atomic mass is 10.2. The molecule has 0 aromatic heterocycles. The second kappa shape index (κ2) is 12.9. The van der Waals surface area contributed by atoms with E-state index in [0.717, 1.165) is 38.5 Å². The fourth-order valence-corrected chi connectivity index (χ4v) is 1.20. The Morgan fingerprint density at radius 3 is 1.56 bits per heavy atom. The number of rotatable bonds is 12. The third kappa shape index (κ3) is 11.9. The van der Waals surface area contributed by atoms with E-state index in [4.69, 9.17) is 19.9 Å². The first-order chi connectivity index (χ1) is 7.81. The summed E-state index contributed by atoms with van der Waals surface area (Å²) >= 11 is 0. The largest absolute Gasteiger partial charge is 0.396 e. The molecule has 0 saturated carbocycles. The third-order valence-corrected chi connectivity index (χ3v) is 2.15. The summed E-state index contributed by atoms with van der Waals surface area (Å²) in [6.45, 7) is 1.73. The van der Waals surface area contributed by atoms with Crippen molar-refractivity contribution >= 4 is 0 Å². The van der Waals surface area contributed by atoms with Crippen LogP contribution in [0.1, 0.15) is 38.5 Å². The molecule has 16 heavy (non-hydrogen) atoms. The van der Waals surface area contributed by atoms with Gasteiger partial charge in [0.05, 0.1) is 13.2 Å². The zero-order valence-corrected chi connectivity index (χ0v) is 10.2. The highest BCUT2D eigenvalue weighted by Gasteiger charge is 1.98. The van der Waals surface area contributed by atoms with Crippen LogP contribution in [0.3, 0.4) is 0 Å². The van der Waals surface area contributed by atoms with Crippen LogP contribution in [0.15, 0.2) is 0 Å². The summed E-state index contributed by atoms with van der Waals surface area (Å²) in [5.41, 5.74) is 0. The Kier molecular flexibility index (Phi) is 12.7. The van der Waals surface area contributed by atoms with E-state index < -0.39 is 0 Å². The van der Waals surface area contributed by atoms with Crippen LogP contribution in [0.2, 0.25) is 0 Å². The summed E-state index contributed by atoms with van der Waals surface area (Å²) in [7, 11) is 1.73. The molecule has 0 atom stereocenters. The number of nitrogens with zero attached hydrogens (tertiary/aromatic N) is 1. The molecule has 0 amide bonds. The zero-order valence-electron chi connectivity index (χ0n) is 10.2. The normalized spacial score (nSPS) is 11.2. The van der Waals surface area contributed by atoms with Crippen LogP contribution >= 0.6 is 0 Å². The van der Waals surface area contributed by atoms with Crippen LogP contribution in [-0.2, 0) is 9.68 Å². The van der Waals surface area contributed by atoms with Crippen LogP contribution in [0.4, 0.5) is 0 Å². The Morgan fingerprint density at radius 1 is 0.750 bits per heavy atom. The minimum absolute atomic E-state index is 0.247. The molecule has 2 N–H and O–H groups in total. The lowest BCUT2D eigenvalue weighted by Crippen LogP contribution is -2.20. The Morgan fingerprint density at radius 2 is 1.19 bits per heavy atom. The Hall–Kier alpha value is -0.200. The number of hydrogen-bond acceptors (Lipinski definition) is 5. The van der Waals surface area contributed by atoms with Gasteiger partial charge < -0.3 is 10.2 Å². The molecule has 0 saturated heterocycles. The van der Waals surface area contributed by atoms with E-state index in [-0.39, 0.29) is 13.2 Å². The summed E-state index contributed by atoms with van der Waals surface area (Å²) in [4.78, 5) is 10.6. The van der Waals surface area contributed by atoms with Gasteiger partial charge in [0, 0.05) is 20.3 Å². The Balaban J connectivity index is 3.09. The molecule has 0 aromatic carbocycles. The van der Waals surface area contributed by atoms with Crippen molar-refractivity contribution in [2.75, 3.05) is 33.5 Å². The fraction of sp³-hybridized carbons (Fsp3) is 1.00. The summed E-state index contributed by atoms with van der Waals surface area (Å²) < 4.78 is 0. The first-order valence-corrected chi connectivity index (χ1v) is 6.02. The quantitative estimate of drug-likeness (QED) is 0.392. The number of aliphatic hydroxyl groups excluding tert-OH is 2. The molecule has 0 rings (SSSR count). The summed E-state index contributed by atoms with van der Waals surface area (Å²) in [6, 6.07) is 0. The first kappa shape index (κ1) is 15.8. The van der Waals surface area contributed by atoms with Crippen molar-refractivity contribution in [3.05, 3.63) is 0 Å². The molecule has 5 heteroatoms. The SMILES string of the molecule is CN(OCCCCCO)OCCCCCO. The molecule has 0 radical (unpaired) electrons. The van der Waals surface area contributed by atoms with E-state index in [1.807, 2.05) is 0 Å². The Labute approximate surface area is 97.9 Å². The lowest BCUT2D eigenvalue weighted by molar-refractivity contribution is -0.353. The molecule has 0 heterocycles. The standard InChI is InChI=1S/C11H25NO4/c1-12(15-10-6-2-4-8-13)16-11-7-3-5-9-14/h13-14H,2-11H2,1H3. The topological polar surface area (TPSA) is 62.2 Å². The lowest BCUT2D eigenvalue weighted by Gasteiger charge is -2.15. The second-order valence-electron chi connectivity index (χ2n) is 3.67. The Bertz CT molecular complexity index is 121. The number of hydroxylamine groups is 2. The van der Waals surface area contributed by atoms with Gasteiger partial charge in [-0.3, -0.25) is 9.68 Å². The summed E-state index contributed by atoms with van der Waals surface area (Å²) in [5.74, 6) is 0. The van der Waals surface area contributed by atoms with E-state index in [9.17, 15) is 0 Å². The van der Waals surface area contributed by atoms with E-state index in [1.54, 1.807) is 7.05 Å². The predicted octanol–water partition coefficient (Wildman–Crippen LogP) is 1.11. The van der Waals surface area contributed by atoms with Gasteiger partial charge in [-0.1, -0.05) is 5.23 Å². The number of hydrogen-bond donors (Lipinski definition) is 2.